The molecule has 21 heavy (non-hydrogen) atoms. The van der Waals surface area contributed by atoms with Gasteiger partial charge in [-0.1, -0.05) is 12.1 Å². The molecule has 1 aliphatic rings. The monoisotopic (exact) mass is 311 g/mol. The van der Waals surface area contributed by atoms with Crippen LogP contribution in [0.4, 0.5) is 5.69 Å². The second-order valence-electron chi connectivity index (χ2n) is 5.07. The quantitative estimate of drug-likeness (QED) is 0.817. The number of nitrogens with one attached hydrogen (secondary N) is 1. The van der Waals surface area contributed by atoms with Crippen LogP contribution in [0.1, 0.15) is 18.9 Å². The van der Waals surface area contributed by atoms with Crippen LogP contribution in [0.25, 0.3) is 0 Å². The highest BCUT2D eigenvalue weighted by atomic mass is 32.2. The molecule has 8 heteroatoms. The van der Waals surface area contributed by atoms with Gasteiger partial charge in [-0.3, -0.25) is 9.59 Å². The first-order valence-electron chi connectivity index (χ1n) is 6.41. The summed E-state index contributed by atoms with van der Waals surface area (Å²) in [6, 6.07) is 7.02. The van der Waals surface area contributed by atoms with E-state index in [-0.39, 0.29) is 24.8 Å². The van der Waals surface area contributed by atoms with E-state index in [4.69, 9.17) is 5.14 Å². The van der Waals surface area contributed by atoms with Gasteiger partial charge in [0.25, 0.3) is 0 Å². The molecule has 1 aliphatic heterocycles. The molecular formula is C13H17N3O4S. The maximum atomic E-state index is 11.8. The topological polar surface area (TPSA) is 110 Å². The number of benzene rings is 1. The molecule has 114 valence electrons. The average molecular weight is 311 g/mol. The standard InChI is InChI=1S/C13H17N3O4S/c1-9(17)15-11-4-2-10(3-5-11)7-16-8-12(6-13(16)18)21(14,19)20/h2-5,12H,6-8H2,1H3,(H,15,17)(H2,14,19,20). The number of nitrogens with zero attached hydrogens (tertiary/aromatic N) is 1. The van der Waals surface area contributed by atoms with Crippen LogP contribution in [-0.2, 0) is 26.2 Å². The van der Waals surface area contributed by atoms with Gasteiger partial charge in [-0.25, -0.2) is 13.6 Å². The van der Waals surface area contributed by atoms with Crippen LogP contribution < -0.4 is 10.5 Å². The highest BCUT2D eigenvalue weighted by molar-refractivity contribution is 7.89. The molecule has 0 aromatic heterocycles. The maximum Gasteiger partial charge on any atom is 0.224 e. The van der Waals surface area contributed by atoms with E-state index in [0.717, 1.165) is 5.56 Å². The lowest BCUT2D eigenvalue weighted by Crippen LogP contribution is -2.31. The predicted octanol–water partition coefficient (Wildman–Crippen LogP) is 0.0344. The predicted molar refractivity (Wildman–Crippen MR) is 77.7 cm³/mol. The van der Waals surface area contributed by atoms with Gasteiger partial charge in [0, 0.05) is 32.1 Å². The third-order valence-electron chi connectivity index (χ3n) is 3.29. The van der Waals surface area contributed by atoms with E-state index in [2.05, 4.69) is 5.32 Å². The molecule has 2 amide bonds. The third-order valence-corrected chi connectivity index (χ3v) is 4.54. The molecule has 1 heterocycles. The highest BCUT2D eigenvalue weighted by Crippen LogP contribution is 2.20. The lowest BCUT2D eigenvalue weighted by molar-refractivity contribution is -0.128. The summed E-state index contributed by atoms with van der Waals surface area (Å²) in [5.74, 6) is -0.381. The molecule has 2 rings (SSSR count). The first-order valence-corrected chi connectivity index (χ1v) is 8.02. The van der Waals surface area contributed by atoms with Crippen LogP contribution >= 0.6 is 0 Å². The second kappa shape index (κ2) is 5.82. The van der Waals surface area contributed by atoms with Gasteiger partial charge < -0.3 is 10.2 Å². The van der Waals surface area contributed by atoms with Gasteiger partial charge in [-0.15, -0.1) is 0 Å². The van der Waals surface area contributed by atoms with Crippen molar-refractivity contribution in [2.75, 3.05) is 11.9 Å². The number of nitrogens with two attached hydrogens (primary N) is 1. The molecule has 0 bridgehead atoms. The Morgan fingerprint density at radius 2 is 2.00 bits per heavy atom. The number of sulfonamides is 1. The van der Waals surface area contributed by atoms with Gasteiger partial charge in [0.2, 0.25) is 21.8 Å². The fourth-order valence-electron chi connectivity index (χ4n) is 2.23. The van der Waals surface area contributed by atoms with Crippen molar-refractivity contribution in [2.45, 2.75) is 25.1 Å². The van der Waals surface area contributed by atoms with Crippen LogP contribution in [-0.4, -0.2) is 36.9 Å². The average Bonchev–Trinajstić information content (AvgIpc) is 2.73. The number of hydrogen-bond acceptors (Lipinski definition) is 4. The number of hydrogen-bond donors (Lipinski definition) is 2. The van der Waals surface area contributed by atoms with E-state index in [1.54, 1.807) is 24.3 Å². The minimum Gasteiger partial charge on any atom is -0.337 e. The summed E-state index contributed by atoms with van der Waals surface area (Å²) in [5.41, 5.74) is 1.52. The normalized spacial score (nSPS) is 18.9. The SMILES string of the molecule is CC(=O)Nc1ccc(CN2CC(S(N)(=O)=O)CC2=O)cc1. The molecule has 1 aromatic carbocycles. The minimum absolute atomic E-state index is 0.0667. The summed E-state index contributed by atoms with van der Waals surface area (Å²) in [7, 11) is -3.69. The zero-order valence-electron chi connectivity index (χ0n) is 11.6. The van der Waals surface area contributed by atoms with E-state index >= 15 is 0 Å². The molecule has 1 saturated heterocycles. The number of amides is 2. The first kappa shape index (κ1) is 15.5. The van der Waals surface area contributed by atoms with Gasteiger partial charge in [0.15, 0.2) is 0 Å². The smallest absolute Gasteiger partial charge is 0.224 e. The minimum atomic E-state index is -3.69. The Bertz CT molecular complexity index is 654. The second-order valence-corrected chi connectivity index (χ2v) is 6.91. The number of anilines is 1. The van der Waals surface area contributed by atoms with Gasteiger partial charge in [0.05, 0.1) is 0 Å². The van der Waals surface area contributed by atoms with Crippen molar-refractivity contribution in [1.29, 1.82) is 0 Å². The van der Waals surface area contributed by atoms with Crippen molar-refractivity contribution in [3.05, 3.63) is 29.8 Å². The summed E-state index contributed by atoms with van der Waals surface area (Å²) < 4.78 is 22.6. The highest BCUT2D eigenvalue weighted by Gasteiger charge is 2.36. The molecule has 0 radical (unpaired) electrons. The summed E-state index contributed by atoms with van der Waals surface area (Å²) in [5, 5.41) is 6.89. The van der Waals surface area contributed by atoms with E-state index < -0.39 is 15.3 Å². The van der Waals surface area contributed by atoms with Gasteiger partial charge in [0.1, 0.15) is 5.25 Å². The van der Waals surface area contributed by atoms with Crippen molar-refractivity contribution >= 4 is 27.5 Å². The number of primary sulfonamides is 1. The Labute approximate surface area is 123 Å². The fourth-order valence-corrected chi connectivity index (χ4v) is 2.99. The van der Waals surface area contributed by atoms with Crippen molar-refractivity contribution in [3.63, 3.8) is 0 Å². The number of carbonyl (C=O) groups excluding carboxylic acids is 2. The molecule has 1 aromatic rings. The van der Waals surface area contributed by atoms with Gasteiger partial charge in [-0.2, -0.15) is 0 Å². The van der Waals surface area contributed by atoms with Crippen LogP contribution in [0.3, 0.4) is 0 Å². The molecule has 1 atom stereocenters. The van der Waals surface area contributed by atoms with Crippen LogP contribution in [0.15, 0.2) is 24.3 Å². The summed E-state index contributed by atoms with van der Waals surface area (Å²) in [4.78, 5) is 24.2. The molecule has 7 nitrogen and oxygen atoms in total. The van der Waals surface area contributed by atoms with Gasteiger partial charge >= 0.3 is 0 Å². The Balaban J connectivity index is 2.02. The third kappa shape index (κ3) is 4.02. The summed E-state index contributed by atoms with van der Waals surface area (Å²) in [6.07, 6.45) is -0.0667. The Morgan fingerprint density at radius 1 is 1.38 bits per heavy atom. The lowest BCUT2D eigenvalue weighted by Gasteiger charge is -2.16. The Morgan fingerprint density at radius 3 is 2.48 bits per heavy atom. The number of carbonyl (C=O) groups is 2. The van der Waals surface area contributed by atoms with E-state index in [0.29, 0.717) is 12.2 Å². The number of rotatable bonds is 4. The molecule has 0 spiro atoms. The summed E-state index contributed by atoms with van der Waals surface area (Å²) >= 11 is 0. The van der Waals surface area contributed by atoms with E-state index in [9.17, 15) is 18.0 Å². The number of likely N-dealkylation sites (tertiary alicyclic amines) is 1. The molecular weight excluding hydrogens is 294 g/mol. The maximum absolute atomic E-state index is 11.8. The molecule has 0 saturated carbocycles. The molecule has 1 fully saturated rings. The van der Waals surface area contributed by atoms with E-state index in [1.165, 1.54) is 11.8 Å². The lowest BCUT2D eigenvalue weighted by atomic mass is 10.2. The Hall–Kier alpha value is -1.93. The van der Waals surface area contributed by atoms with Crippen LogP contribution in [0.2, 0.25) is 0 Å². The first-order chi connectivity index (χ1) is 9.75. The molecule has 3 N–H and O–H groups in total. The molecule has 1 unspecified atom stereocenters. The van der Waals surface area contributed by atoms with Crippen molar-refractivity contribution in [1.82, 2.24) is 4.90 Å². The van der Waals surface area contributed by atoms with Gasteiger partial charge in [-0.05, 0) is 17.7 Å². The molecule has 0 aliphatic carbocycles. The van der Waals surface area contributed by atoms with Crippen LogP contribution in [0, 0.1) is 0 Å². The Kier molecular flexibility index (Phi) is 4.29. The van der Waals surface area contributed by atoms with Crippen LogP contribution in [0.5, 0.6) is 0 Å². The fraction of sp³-hybridized carbons (Fsp3) is 0.385. The zero-order chi connectivity index (χ0) is 15.6. The largest absolute Gasteiger partial charge is 0.337 e. The summed E-state index contributed by atoms with van der Waals surface area (Å²) in [6.45, 7) is 1.86. The van der Waals surface area contributed by atoms with E-state index in [1.807, 2.05) is 0 Å². The van der Waals surface area contributed by atoms with Crippen molar-refractivity contribution < 1.29 is 18.0 Å². The van der Waals surface area contributed by atoms with Crippen molar-refractivity contribution in [2.24, 2.45) is 5.14 Å². The van der Waals surface area contributed by atoms with Crippen molar-refractivity contribution in [3.8, 4) is 0 Å². The zero-order valence-corrected chi connectivity index (χ0v) is 12.4.